The SMILES string of the molecule is [CH]c1c(F)cc(F)cc1F. The van der Waals surface area contributed by atoms with Crippen molar-refractivity contribution in [1.82, 2.24) is 0 Å². The lowest BCUT2D eigenvalue weighted by atomic mass is 10.2. The third kappa shape index (κ3) is 1.12. The van der Waals surface area contributed by atoms with Gasteiger partial charge in [-0.1, -0.05) is 0 Å². The Balaban J connectivity index is 3.31. The van der Waals surface area contributed by atoms with Gasteiger partial charge in [-0.25, -0.2) is 13.2 Å². The molecule has 0 saturated heterocycles. The summed E-state index contributed by atoms with van der Waals surface area (Å²) in [5, 5.41) is 0. The minimum atomic E-state index is -1.07. The van der Waals surface area contributed by atoms with Crippen molar-refractivity contribution in [1.29, 1.82) is 0 Å². The second-order valence-electron chi connectivity index (χ2n) is 1.78. The zero-order valence-electron chi connectivity index (χ0n) is 4.87. The number of halogens is 3. The standard InChI is InChI=1S/C7H3F3/c1-4-6(9)2-5(8)3-7(4)10/h1-3H. The molecular formula is C7H3F3. The molecule has 0 fully saturated rings. The first kappa shape index (κ1) is 7.12. The van der Waals surface area contributed by atoms with Crippen LogP contribution in [0.3, 0.4) is 0 Å². The van der Waals surface area contributed by atoms with Crippen molar-refractivity contribution in [3.8, 4) is 0 Å². The predicted molar refractivity (Wildman–Crippen MR) is 29.7 cm³/mol. The van der Waals surface area contributed by atoms with Gasteiger partial charge in [-0.15, -0.1) is 0 Å². The zero-order valence-corrected chi connectivity index (χ0v) is 4.87. The van der Waals surface area contributed by atoms with E-state index in [-0.39, 0.29) is 0 Å². The van der Waals surface area contributed by atoms with E-state index in [1.165, 1.54) is 0 Å². The minimum absolute atomic E-state index is 0.526. The summed E-state index contributed by atoms with van der Waals surface area (Å²) in [4.78, 5) is 0. The fourth-order valence-corrected chi connectivity index (χ4v) is 0.553. The van der Waals surface area contributed by atoms with E-state index in [0.717, 1.165) is 0 Å². The molecule has 0 aliphatic carbocycles. The Morgan fingerprint density at radius 2 is 1.40 bits per heavy atom. The van der Waals surface area contributed by atoms with Gasteiger partial charge in [0, 0.05) is 24.6 Å². The Bertz CT molecular complexity index is 232. The highest BCUT2D eigenvalue weighted by Gasteiger charge is 2.05. The lowest BCUT2D eigenvalue weighted by Crippen LogP contribution is -1.89. The second-order valence-corrected chi connectivity index (χ2v) is 1.78. The average Bonchev–Trinajstić information content (AvgIpc) is 1.82. The van der Waals surface area contributed by atoms with Gasteiger partial charge in [0.2, 0.25) is 0 Å². The fraction of sp³-hybridized carbons (Fsp3) is 0. The van der Waals surface area contributed by atoms with Gasteiger partial charge in [-0.2, -0.15) is 0 Å². The van der Waals surface area contributed by atoms with Gasteiger partial charge in [0.1, 0.15) is 17.5 Å². The average molecular weight is 144 g/mol. The molecule has 0 nitrogen and oxygen atoms in total. The van der Waals surface area contributed by atoms with E-state index < -0.39 is 23.0 Å². The van der Waals surface area contributed by atoms with Crippen LogP contribution in [0.5, 0.6) is 0 Å². The molecule has 0 unspecified atom stereocenters. The molecule has 0 amide bonds. The van der Waals surface area contributed by atoms with Crippen LogP contribution in [0, 0.1) is 24.4 Å². The summed E-state index contributed by atoms with van der Waals surface area (Å²) in [5.41, 5.74) is -0.651. The van der Waals surface area contributed by atoms with Gasteiger partial charge in [-0.3, -0.25) is 0 Å². The van der Waals surface area contributed by atoms with E-state index >= 15 is 0 Å². The fourth-order valence-electron chi connectivity index (χ4n) is 0.553. The summed E-state index contributed by atoms with van der Waals surface area (Å²) in [6.45, 7) is 4.83. The monoisotopic (exact) mass is 144 g/mol. The molecule has 0 spiro atoms. The maximum Gasteiger partial charge on any atom is 0.132 e. The molecule has 0 heterocycles. The molecule has 1 aromatic carbocycles. The lowest BCUT2D eigenvalue weighted by Gasteiger charge is -1.96. The predicted octanol–water partition coefficient (Wildman–Crippen LogP) is 2.16. The summed E-state index contributed by atoms with van der Waals surface area (Å²) >= 11 is 0. The van der Waals surface area contributed by atoms with E-state index in [4.69, 9.17) is 6.92 Å². The van der Waals surface area contributed by atoms with E-state index in [1.54, 1.807) is 0 Å². The van der Waals surface area contributed by atoms with Crippen LogP contribution < -0.4 is 0 Å². The van der Waals surface area contributed by atoms with Crippen molar-refractivity contribution < 1.29 is 13.2 Å². The maximum absolute atomic E-state index is 12.2. The molecule has 3 heteroatoms. The summed E-state index contributed by atoms with van der Waals surface area (Å²) in [6.07, 6.45) is 0. The first-order valence-electron chi connectivity index (χ1n) is 2.51. The van der Waals surface area contributed by atoms with Crippen molar-refractivity contribution in [2.24, 2.45) is 0 Å². The molecule has 1 aromatic rings. The number of hydrogen-bond donors (Lipinski definition) is 0. The first-order valence-corrected chi connectivity index (χ1v) is 2.51. The highest BCUT2D eigenvalue weighted by atomic mass is 19.1. The van der Waals surface area contributed by atoms with Crippen molar-refractivity contribution in [3.05, 3.63) is 42.1 Å². The van der Waals surface area contributed by atoms with Crippen LogP contribution in [0.25, 0.3) is 0 Å². The molecule has 0 N–H and O–H groups in total. The quantitative estimate of drug-likeness (QED) is 0.523. The molecule has 1 rings (SSSR count). The number of hydrogen-bond acceptors (Lipinski definition) is 0. The highest BCUT2D eigenvalue weighted by molar-refractivity contribution is 5.22. The number of rotatable bonds is 0. The molecule has 0 aliphatic heterocycles. The van der Waals surface area contributed by atoms with Crippen LogP contribution >= 0.6 is 0 Å². The third-order valence-corrected chi connectivity index (χ3v) is 1.04. The molecule has 2 radical (unpaired) electrons. The summed E-state index contributed by atoms with van der Waals surface area (Å²) in [5.74, 6) is -3.11. The van der Waals surface area contributed by atoms with Crippen LogP contribution in [-0.2, 0) is 0 Å². The molecule has 0 saturated carbocycles. The zero-order chi connectivity index (χ0) is 7.72. The van der Waals surface area contributed by atoms with Crippen molar-refractivity contribution >= 4 is 0 Å². The Labute approximate surface area is 56.3 Å². The summed E-state index contributed by atoms with van der Waals surface area (Å²) in [7, 11) is 0. The summed E-state index contributed by atoms with van der Waals surface area (Å²) < 4.78 is 36.5. The van der Waals surface area contributed by atoms with Gasteiger partial charge < -0.3 is 0 Å². The van der Waals surface area contributed by atoms with E-state index in [9.17, 15) is 13.2 Å². The normalized spacial score (nSPS) is 10.0. The van der Waals surface area contributed by atoms with Crippen LogP contribution in [0.4, 0.5) is 13.2 Å². The Morgan fingerprint density at radius 1 is 1.00 bits per heavy atom. The van der Waals surface area contributed by atoms with Crippen LogP contribution in [0.2, 0.25) is 0 Å². The Hall–Kier alpha value is -0.990. The van der Waals surface area contributed by atoms with Crippen molar-refractivity contribution in [2.45, 2.75) is 0 Å². The Kier molecular flexibility index (Phi) is 1.66. The molecule has 0 aromatic heterocycles. The number of benzene rings is 1. The topological polar surface area (TPSA) is 0 Å². The van der Waals surface area contributed by atoms with Gasteiger partial charge in [0.15, 0.2) is 0 Å². The van der Waals surface area contributed by atoms with Gasteiger partial charge in [0.05, 0.1) is 0 Å². The molecule has 0 aliphatic rings. The Morgan fingerprint density at radius 3 is 1.80 bits per heavy atom. The largest absolute Gasteiger partial charge is 0.207 e. The van der Waals surface area contributed by atoms with Crippen LogP contribution in [0.15, 0.2) is 12.1 Å². The van der Waals surface area contributed by atoms with E-state index in [2.05, 4.69) is 0 Å². The first-order chi connectivity index (χ1) is 4.61. The third-order valence-electron chi connectivity index (χ3n) is 1.04. The smallest absolute Gasteiger partial charge is 0.132 e. The molecule has 52 valence electrons. The maximum atomic E-state index is 12.2. The van der Waals surface area contributed by atoms with Gasteiger partial charge in [0.25, 0.3) is 0 Å². The molecule has 10 heavy (non-hydrogen) atoms. The molecular weight excluding hydrogens is 141 g/mol. The van der Waals surface area contributed by atoms with Gasteiger partial charge in [-0.05, 0) is 0 Å². The van der Waals surface area contributed by atoms with E-state index in [0.29, 0.717) is 12.1 Å². The molecule has 0 bridgehead atoms. The van der Waals surface area contributed by atoms with Crippen LogP contribution in [-0.4, -0.2) is 0 Å². The van der Waals surface area contributed by atoms with Crippen LogP contribution in [0.1, 0.15) is 5.56 Å². The molecule has 0 atom stereocenters. The highest BCUT2D eigenvalue weighted by Crippen LogP contribution is 2.12. The minimum Gasteiger partial charge on any atom is -0.207 e. The second kappa shape index (κ2) is 2.33. The summed E-state index contributed by atoms with van der Waals surface area (Å²) in [6, 6.07) is 1.05. The van der Waals surface area contributed by atoms with E-state index in [1.807, 2.05) is 0 Å². The van der Waals surface area contributed by atoms with Crippen molar-refractivity contribution in [3.63, 3.8) is 0 Å². The lowest BCUT2D eigenvalue weighted by molar-refractivity contribution is 0.537. The van der Waals surface area contributed by atoms with Gasteiger partial charge >= 0.3 is 0 Å². The van der Waals surface area contributed by atoms with Crippen molar-refractivity contribution in [2.75, 3.05) is 0 Å².